The summed E-state index contributed by atoms with van der Waals surface area (Å²) in [5, 5.41) is 9.08. The van der Waals surface area contributed by atoms with Gasteiger partial charge in [-0.2, -0.15) is 5.10 Å². The van der Waals surface area contributed by atoms with Crippen LogP contribution in [-0.4, -0.2) is 31.8 Å². The number of aromatic nitrogens is 4. The van der Waals surface area contributed by atoms with E-state index in [1.165, 1.54) is 0 Å². The van der Waals surface area contributed by atoms with Crippen LogP contribution in [0.15, 0.2) is 48.1 Å². The minimum atomic E-state index is -0.197. The number of anilines is 1. The van der Waals surface area contributed by atoms with Crippen molar-refractivity contribution in [1.82, 2.24) is 19.6 Å². The van der Waals surface area contributed by atoms with Crippen LogP contribution >= 0.6 is 11.3 Å². The number of amides is 1. The van der Waals surface area contributed by atoms with Crippen molar-refractivity contribution < 1.29 is 9.59 Å². The molecule has 28 heavy (non-hydrogen) atoms. The van der Waals surface area contributed by atoms with E-state index in [0.29, 0.717) is 28.3 Å². The molecule has 140 valence electrons. The van der Waals surface area contributed by atoms with Crippen molar-refractivity contribution >= 4 is 35.0 Å². The van der Waals surface area contributed by atoms with E-state index in [4.69, 9.17) is 4.98 Å². The number of pyridine rings is 1. The van der Waals surface area contributed by atoms with Gasteiger partial charge in [-0.3, -0.25) is 9.59 Å². The van der Waals surface area contributed by atoms with E-state index in [0.717, 1.165) is 16.9 Å². The van der Waals surface area contributed by atoms with Gasteiger partial charge in [0.25, 0.3) is 0 Å². The van der Waals surface area contributed by atoms with Crippen LogP contribution in [0.4, 0.5) is 5.82 Å². The van der Waals surface area contributed by atoms with Gasteiger partial charge in [0.05, 0.1) is 28.0 Å². The highest BCUT2D eigenvalue weighted by Gasteiger charge is 2.15. The summed E-state index contributed by atoms with van der Waals surface area (Å²) in [5.41, 5.74) is 3.08. The number of nitrogens with zero attached hydrogens (tertiary/aromatic N) is 4. The minimum Gasteiger partial charge on any atom is -0.310 e. The largest absolute Gasteiger partial charge is 0.310 e. The monoisotopic (exact) mass is 391 g/mol. The molecule has 4 rings (SSSR count). The molecule has 0 aromatic carbocycles. The highest BCUT2D eigenvalue weighted by atomic mass is 32.1. The van der Waals surface area contributed by atoms with Crippen LogP contribution in [0.5, 0.6) is 0 Å². The Morgan fingerprint density at radius 3 is 2.79 bits per heavy atom. The van der Waals surface area contributed by atoms with Crippen molar-refractivity contribution in [3.05, 3.63) is 53.7 Å². The number of carbonyl (C=O) groups is 2. The molecule has 0 aliphatic heterocycles. The Hall–Kier alpha value is -3.39. The van der Waals surface area contributed by atoms with E-state index in [1.54, 1.807) is 48.0 Å². The Morgan fingerprint density at radius 2 is 2.07 bits per heavy atom. The van der Waals surface area contributed by atoms with E-state index >= 15 is 0 Å². The van der Waals surface area contributed by atoms with Gasteiger partial charge in [0, 0.05) is 17.7 Å². The number of thiophene rings is 1. The van der Waals surface area contributed by atoms with Crippen LogP contribution < -0.4 is 5.32 Å². The molecule has 4 heterocycles. The molecular formula is C20H17N5O2S. The number of aldehydes is 1. The Labute approximate surface area is 165 Å². The summed E-state index contributed by atoms with van der Waals surface area (Å²) in [4.78, 5) is 33.7. The molecular weight excluding hydrogens is 374 g/mol. The van der Waals surface area contributed by atoms with E-state index in [9.17, 15) is 9.59 Å². The lowest BCUT2D eigenvalue weighted by atomic mass is 10.1. The topological polar surface area (TPSA) is 89.2 Å². The molecule has 4 aromatic heterocycles. The van der Waals surface area contributed by atoms with Gasteiger partial charge >= 0.3 is 0 Å². The summed E-state index contributed by atoms with van der Waals surface area (Å²) < 4.78 is 1.66. The van der Waals surface area contributed by atoms with Gasteiger partial charge in [-0.1, -0.05) is 19.9 Å². The van der Waals surface area contributed by atoms with Gasteiger partial charge in [-0.05, 0) is 29.6 Å². The predicted molar refractivity (Wildman–Crippen MR) is 108 cm³/mol. The lowest BCUT2D eigenvalue weighted by Crippen LogP contribution is -2.18. The zero-order valence-corrected chi connectivity index (χ0v) is 16.1. The van der Waals surface area contributed by atoms with Gasteiger partial charge in [0.2, 0.25) is 5.91 Å². The standard InChI is InChI=1S/C20H17N5O2S/c1-12(2)20(27)24-18-9-13(11-26)8-16(22-18)14-10-21-25-6-5-15(23-19(14)25)17-4-3-7-28-17/h3-12H,1-2H3,(H,22,24,27). The summed E-state index contributed by atoms with van der Waals surface area (Å²) in [5.74, 6) is -0.0383. The Balaban J connectivity index is 1.81. The van der Waals surface area contributed by atoms with Crippen molar-refractivity contribution in [2.75, 3.05) is 5.32 Å². The second-order valence-corrected chi connectivity index (χ2v) is 7.50. The molecule has 0 unspecified atom stereocenters. The van der Waals surface area contributed by atoms with Crippen LogP contribution in [0.2, 0.25) is 0 Å². The molecule has 0 fully saturated rings. The second kappa shape index (κ2) is 7.32. The smallest absolute Gasteiger partial charge is 0.228 e. The first-order chi connectivity index (χ1) is 13.5. The van der Waals surface area contributed by atoms with Gasteiger partial charge in [0.15, 0.2) is 5.65 Å². The predicted octanol–water partition coefficient (Wildman–Crippen LogP) is 3.93. The number of hydrogen-bond donors (Lipinski definition) is 1. The van der Waals surface area contributed by atoms with E-state index in [1.807, 2.05) is 29.8 Å². The molecule has 4 aromatic rings. The number of rotatable bonds is 5. The number of nitrogens with one attached hydrogen (secondary N) is 1. The van der Waals surface area contributed by atoms with Crippen molar-refractivity contribution in [3.8, 4) is 21.8 Å². The zero-order valence-electron chi connectivity index (χ0n) is 15.3. The summed E-state index contributed by atoms with van der Waals surface area (Å²) >= 11 is 1.61. The summed E-state index contributed by atoms with van der Waals surface area (Å²) in [6.07, 6.45) is 4.23. The zero-order chi connectivity index (χ0) is 19.7. The first kappa shape index (κ1) is 18.0. The van der Waals surface area contributed by atoms with Crippen molar-refractivity contribution in [3.63, 3.8) is 0 Å². The molecule has 1 amide bonds. The summed E-state index contributed by atoms with van der Waals surface area (Å²) in [7, 11) is 0. The normalized spacial score (nSPS) is 11.1. The van der Waals surface area contributed by atoms with E-state index in [2.05, 4.69) is 15.4 Å². The molecule has 0 saturated heterocycles. The van der Waals surface area contributed by atoms with Crippen LogP contribution in [-0.2, 0) is 4.79 Å². The van der Waals surface area contributed by atoms with Crippen LogP contribution in [0.1, 0.15) is 24.2 Å². The van der Waals surface area contributed by atoms with Gasteiger partial charge in [-0.25, -0.2) is 14.5 Å². The molecule has 7 nitrogen and oxygen atoms in total. The number of fused-ring (bicyclic) bond motifs is 1. The highest BCUT2D eigenvalue weighted by molar-refractivity contribution is 7.13. The lowest BCUT2D eigenvalue weighted by Gasteiger charge is -2.09. The SMILES string of the molecule is CC(C)C(=O)Nc1cc(C=O)cc(-c2cnn3ccc(-c4cccs4)nc23)n1. The molecule has 1 N–H and O–H groups in total. The fraction of sp³-hybridized carbons (Fsp3) is 0.150. The maximum absolute atomic E-state index is 12.0. The van der Waals surface area contributed by atoms with Gasteiger partial charge in [0.1, 0.15) is 12.1 Å². The molecule has 0 aliphatic carbocycles. The Kier molecular flexibility index (Phi) is 4.70. The van der Waals surface area contributed by atoms with E-state index in [-0.39, 0.29) is 11.8 Å². The van der Waals surface area contributed by atoms with E-state index < -0.39 is 0 Å². The maximum Gasteiger partial charge on any atom is 0.228 e. The summed E-state index contributed by atoms with van der Waals surface area (Å²) in [6.45, 7) is 3.59. The molecule has 8 heteroatoms. The minimum absolute atomic E-state index is 0.167. The molecule has 0 spiro atoms. The highest BCUT2D eigenvalue weighted by Crippen LogP contribution is 2.28. The first-order valence-electron chi connectivity index (χ1n) is 8.72. The molecule has 0 bridgehead atoms. The van der Waals surface area contributed by atoms with Crippen LogP contribution in [0.25, 0.3) is 27.5 Å². The number of carbonyl (C=O) groups excluding carboxylic acids is 2. The molecule has 0 saturated carbocycles. The number of hydrogen-bond acceptors (Lipinski definition) is 6. The molecule has 0 atom stereocenters. The van der Waals surface area contributed by atoms with Crippen LogP contribution in [0, 0.1) is 5.92 Å². The Bertz CT molecular complexity index is 1160. The third kappa shape index (κ3) is 3.41. The second-order valence-electron chi connectivity index (χ2n) is 6.55. The fourth-order valence-corrected chi connectivity index (χ4v) is 3.40. The van der Waals surface area contributed by atoms with Crippen LogP contribution in [0.3, 0.4) is 0 Å². The maximum atomic E-state index is 12.0. The average Bonchev–Trinajstić information content (AvgIpc) is 3.36. The van der Waals surface area contributed by atoms with Crippen molar-refractivity contribution in [2.45, 2.75) is 13.8 Å². The van der Waals surface area contributed by atoms with Crippen molar-refractivity contribution in [1.29, 1.82) is 0 Å². The first-order valence-corrected chi connectivity index (χ1v) is 9.60. The average molecular weight is 391 g/mol. The van der Waals surface area contributed by atoms with Gasteiger partial charge in [-0.15, -0.1) is 11.3 Å². The fourth-order valence-electron chi connectivity index (χ4n) is 2.70. The molecule has 0 aliphatic rings. The lowest BCUT2D eigenvalue weighted by molar-refractivity contribution is -0.118. The molecule has 0 radical (unpaired) electrons. The Morgan fingerprint density at radius 1 is 1.21 bits per heavy atom. The third-order valence-electron chi connectivity index (χ3n) is 4.18. The third-order valence-corrected chi connectivity index (χ3v) is 5.07. The quantitative estimate of drug-likeness (QED) is 0.521. The van der Waals surface area contributed by atoms with Crippen molar-refractivity contribution in [2.24, 2.45) is 5.92 Å². The summed E-state index contributed by atoms with van der Waals surface area (Å²) in [6, 6.07) is 9.09. The van der Waals surface area contributed by atoms with Gasteiger partial charge < -0.3 is 5.32 Å².